The van der Waals surface area contributed by atoms with Gasteiger partial charge in [-0.25, -0.2) is 9.97 Å². The third kappa shape index (κ3) is 8.26. The van der Waals surface area contributed by atoms with E-state index in [2.05, 4.69) is 81.5 Å². The number of nitrogens with zero attached hydrogens (tertiary/aromatic N) is 7. The van der Waals surface area contributed by atoms with Crippen LogP contribution in [0.4, 0.5) is 22.7 Å². The molecule has 0 spiro atoms. The van der Waals surface area contributed by atoms with Crippen LogP contribution in [0, 0.1) is 0 Å². The van der Waals surface area contributed by atoms with Crippen LogP contribution < -0.4 is 20.4 Å². The van der Waals surface area contributed by atoms with Gasteiger partial charge in [-0.15, -0.1) is 0 Å². The molecule has 0 bridgehead atoms. The predicted octanol–water partition coefficient (Wildman–Crippen LogP) is 1.33. The van der Waals surface area contributed by atoms with Crippen LogP contribution in [0.2, 0.25) is 0 Å². The number of imidazole rings is 2. The lowest BCUT2D eigenvalue weighted by Crippen LogP contribution is -2.38. The Hall–Kier alpha value is -3.55. The summed E-state index contributed by atoms with van der Waals surface area (Å²) in [7, 11) is 28.0. The van der Waals surface area contributed by atoms with E-state index in [0.29, 0.717) is 0 Å². The lowest BCUT2D eigenvalue weighted by molar-refractivity contribution is 0.818. The summed E-state index contributed by atoms with van der Waals surface area (Å²) < 4.78 is 3.98. The zero-order valence-electron chi connectivity index (χ0n) is 25.2. The van der Waals surface area contributed by atoms with Crippen molar-refractivity contribution in [2.45, 2.75) is 25.9 Å². The van der Waals surface area contributed by atoms with E-state index in [1.54, 1.807) is 0 Å². The summed E-state index contributed by atoms with van der Waals surface area (Å²) in [5.41, 5.74) is 15.6. The molecule has 2 aromatic heterocycles. The average Bonchev–Trinajstić information content (AvgIpc) is 3.74. The fraction of sp³-hybridized carbons (Fsp3) is 0.357. The Morgan fingerprint density at radius 2 is 1.24 bits per heavy atom. The minimum Gasteiger partial charge on any atom is -0.399 e. The molecule has 0 aliphatic carbocycles. The van der Waals surface area contributed by atoms with Crippen molar-refractivity contribution in [3.8, 4) is 0 Å². The number of nitrogens with two attached hydrogens (primary N) is 1. The van der Waals surface area contributed by atoms with E-state index in [1.807, 2.05) is 42.0 Å². The van der Waals surface area contributed by atoms with E-state index in [4.69, 9.17) is 36.7 Å². The molecule has 8 nitrogen and oxygen atoms in total. The smallest absolute Gasteiger partial charge is 0.0947 e. The largest absolute Gasteiger partial charge is 0.399 e. The van der Waals surface area contributed by atoms with E-state index < -0.39 is 12.8 Å². The van der Waals surface area contributed by atoms with Crippen LogP contribution in [0.3, 0.4) is 0 Å². The number of anilines is 4. The summed E-state index contributed by atoms with van der Waals surface area (Å²) in [5, 5.41) is 0. The molecule has 206 valence electrons. The van der Waals surface area contributed by atoms with Gasteiger partial charge in [-0.2, -0.15) is 0 Å². The Morgan fingerprint density at radius 1 is 0.762 bits per heavy atom. The summed E-state index contributed by atoms with van der Waals surface area (Å²) in [6.45, 7) is 3.89. The van der Waals surface area contributed by atoms with E-state index in [9.17, 15) is 0 Å². The van der Waals surface area contributed by atoms with Crippen LogP contribution in [0.25, 0.3) is 0 Å². The average molecular weight is 550 g/mol. The molecule has 0 atom stereocenters. The normalized spacial score (nSPS) is 13.0. The summed E-state index contributed by atoms with van der Waals surface area (Å²) in [5.74, 6) is 0. The molecule has 2 N–H and O–H groups in total. The zero-order valence-corrected chi connectivity index (χ0v) is 25.2. The van der Waals surface area contributed by atoms with Crippen LogP contribution in [-0.2, 0) is 40.0 Å². The van der Waals surface area contributed by atoms with Gasteiger partial charge in [-0.1, -0.05) is 12.1 Å². The van der Waals surface area contributed by atoms with Crippen molar-refractivity contribution in [3.05, 3.63) is 84.0 Å². The van der Waals surface area contributed by atoms with Crippen LogP contribution >= 0.6 is 0 Å². The lowest BCUT2D eigenvalue weighted by Gasteiger charge is -2.20. The highest BCUT2D eigenvalue weighted by molar-refractivity contribution is 7.76. The molecule has 0 unspecified atom stereocenters. The van der Waals surface area contributed by atoms with Gasteiger partial charge in [0, 0.05) is 120 Å². The Morgan fingerprint density at radius 3 is 1.67 bits per heavy atom. The van der Waals surface area contributed by atoms with E-state index in [0.717, 1.165) is 56.1 Å². The standard InChI is InChI=1S/C15H20N4.C13H16N4.B6/c1-17(2)14-5-4-12-6-7-19(15(12)8-14)10-13-9-18(3)11-16-13;1-16-7-12(15-9-16)8-17-5-4-10-2-3-11(14)6-13(10)17;1-5(2)6(3)4/h4-5,8-9,11H,6-7,10H2,1-3H3;2-3,6-7,9H,4-5,8,14H2,1H3;. The Bertz CT molecular complexity index is 1450. The van der Waals surface area contributed by atoms with Gasteiger partial charge >= 0.3 is 0 Å². The van der Waals surface area contributed by atoms with Crippen LogP contribution in [-0.4, -0.2) is 90.0 Å². The fourth-order valence-electron chi connectivity index (χ4n) is 4.99. The molecule has 42 heavy (non-hydrogen) atoms. The van der Waals surface area contributed by atoms with Gasteiger partial charge in [0.1, 0.15) is 0 Å². The first-order chi connectivity index (χ1) is 20.0. The SMILES string of the molecule is CN(C)c1ccc2c(c1)N(Cc1cn(C)cn1)CC2.Cn1cnc(CN2CCc3ccc(N)cc32)c1.[B]B([B])B([B])[B]. The zero-order chi connectivity index (χ0) is 30.4. The van der Waals surface area contributed by atoms with Gasteiger partial charge in [-0.3, -0.25) is 0 Å². The molecule has 2 aliphatic heterocycles. The second-order valence-corrected chi connectivity index (χ2v) is 11.2. The Kier molecular flexibility index (Phi) is 10.5. The second-order valence-electron chi connectivity index (χ2n) is 11.2. The summed E-state index contributed by atoms with van der Waals surface area (Å²) in [6.07, 6.45) is 8.90. The van der Waals surface area contributed by atoms with Gasteiger partial charge in [0.05, 0.1) is 37.1 Å². The van der Waals surface area contributed by atoms with Gasteiger partial charge in [0.15, 0.2) is 0 Å². The first-order valence-electron chi connectivity index (χ1n) is 14.1. The van der Waals surface area contributed by atoms with Crippen molar-refractivity contribution in [2.75, 3.05) is 47.6 Å². The summed E-state index contributed by atoms with van der Waals surface area (Å²) in [6, 6.07) is 12.9. The third-order valence-electron chi connectivity index (χ3n) is 7.34. The van der Waals surface area contributed by atoms with Crippen molar-refractivity contribution in [1.29, 1.82) is 0 Å². The van der Waals surface area contributed by atoms with E-state index in [-0.39, 0.29) is 0 Å². The minimum absolute atomic E-state index is 0.593. The number of aryl methyl sites for hydroxylation is 2. The summed E-state index contributed by atoms with van der Waals surface area (Å²) >= 11 is 0. The molecule has 0 amide bonds. The molecule has 0 fully saturated rings. The number of hydrogen-bond acceptors (Lipinski definition) is 6. The monoisotopic (exact) mass is 550 g/mol. The van der Waals surface area contributed by atoms with Crippen LogP contribution in [0.15, 0.2) is 61.4 Å². The van der Waals surface area contributed by atoms with Gasteiger partial charge in [0.2, 0.25) is 0 Å². The van der Waals surface area contributed by atoms with Gasteiger partial charge < -0.3 is 29.6 Å². The van der Waals surface area contributed by atoms with Crippen molar-refractivity contribution >= 4 is 66.5 Å². The van der Waals surface area contributed by atoms with Crippen molar-refractivity contribution in [3.63, 3.8) is 0 Å². The number of benzene rings is 2. The Labute approximate surface area is 256 Å². The lowest BCUT2D eigenvalue weighted by atomic mass is 8.81. The molecule has 2 aromatic carbocycles. The topological polar surface area (TPSA) is 71.4 Å². The Balaban J connectivity index is 0.000000163. The van der Waals surface area contributed by atoms with Crippen LogP contribution in [0.5, 0.6) is 0 Å². The molecule has 8 radical (unpaired) electrons. The summed E-state index contributed by atoms with van der Waals surface area (Å²) in [4.78, 5) is 15.7. The van der Waals surface area contributed by atoms with Crippen molar-refractivity contribution in [1.82, 2.24) is 19.1 Å². The molecule has 4 heterocycles. The van der Waals surface area contributed by atoms with Crippen molar-refractivity contribution < 1.29 is 0 Å². The fourth-order valence-corrected chi connectivity index (χ4v) is 4.99. The molecule has 0 saturated carbocycles. The van der Waals surface area contributed by atoms with E-state index in [1.165, 1.54) is 28.2 Å². The maximum atomic E-state index is 5.84. The second kappa shape index (κ2) is 14.1. The molecule has 6 rings (SSSR count). The number of aromatic nitrogens is 4. The number of nitrogen functional groups attached to an aromatic ring is 1. The molecule has 0 saturated heterocycles. The first kappa shape index (κ1) is 31.4. The maximum Gasteiger partial charge on any atom is 0.0947 e. The molecule has 14 heteroatoms. The molecule has 4 aromatic rings. The highest BCUT2D eigenvalue weighted by Crippen LogP contribution is 2.33. The van der Waals surface area contributed by atoms with Crippen molar-refractivity contribution in [2.24, 2.45) is 14.1 Å². The molecular formula is C28H36B6N8. The number of fused-ring (bicyclic) bond motifs is 2. The highest BCUT2D eigenvalue weighted by atomic mass is 15.2. The van der Waals surface area contributed by atoms with Gasteiger partial charge in [0.25, 0.3) is 0 Å². The molecular weight excluding hydrogens is 513 g/mol. The molecule has 2 aliphatic rings. The highest BCUT2D eigenvalue weighted by Gasteiger charge is 2.21. The van der Waals surface area contributed by atoms with E-state index >= 15 is 0 Å². The maximum absolute atomic E-state index is 5.84. The number of rotatable bonds is 6. The predicted molar refractivity (Wildman–Crippen MR) is 182 cm³/mol. The first-order valence-corrected chi connectivity index (χ1v) is 14.1. The quantitative estimate of drug-likeness (QED) is 0.289. The third-order valence-corrected chi connectivity index (χ3v) is 7.34. The van der Waals surface area contributed by atoms with Crippen LogP contribution in [0.1, 0.15) is 22.5 Å². The van der Waals surface area contributed by atoms with Gasteiger partial charge in [-0.05, 0) is 48.2 Å². The minimum atomic E-state index is -0.593. The number of hydrogen-bond donors (Lipinski definition) is 1.